The second kappa shape index (κ2) is 5.79. The second-order valence-electron chi connectivity index (χ2n) is 4.32. The minimum Gasteiger partial charge on any atom is -0.476 e. The average molecular weight is 291 g/mol. The highest BCUT2D eigenvalue weighted by Gasteiger charge is 2.16. The molecule has 104 valence electrons. The van der Waals surface area contributed by atoms with Gasteiger partial charge in [0.2, 0.25) is 0 Å². The molecule has 0 aliphatic rings. The van der Waals surface area contributed by atoms with E-state index >= 15 is 0 Å². The van der Waals surface area contributed by atoms with Crippen molar-refractivity contribution < 1.29 is 14.7 Å². The Hall–Kier alpha value is -2.28. The summed E-state index contributed by atoms with van der Waals surface area (Å²) in [5.41, 5.74) is 1.35. The van der Waals surface area contributed by atoms with Crippen LogP contribution < -0.4 is 5.32 Å². The largest absolute Gasteiger partial charge is 0.476 e. The van der Waals surface area contributed by atoms with E-state index < -0.39 is 5.97 Å². The Balaban J connectivity index is 2.08. The van der Waals surface area contributed by atoms with E-state index in [0.717, 1.165) is 5.56 Å². The monoisotopic (exact) mass is 291 g/mol. The van der Waals surface area contributed by atoms with E-state index in [0.29, 0.717) is 10.6 Å². The molecule has 0 aliphatic carbocycles. The van der Waals surface area contributed by atoms with E-state index in [4.69, 9.17) is 5.11 Å². The number of nitrogens with one attached hydrogen (secondary N) is 1. The van der Waals surface area contributed by atoms with Gasteiger partial charge in [-0.3, -0.25) is 9.78 Å². The summed E-state index contributed by atoms with van der Waals surface area (Å²) in [6, 6.07) is 1.38. The maximum absolute atomic E-state index is 12.0. The summed E-state index contributed by atoms with van der Waals surface area (Å²) >= 11 is 1.20. The lowest BCUT2D eigenvalue weighted by molar-refractivity contribution is 0.0691. The first-order valence-corrected chi connectivity index (χ1v) is 6.76. The first kappa shape index (κ1) is 14.1. The summed E-state index contributed by atoms with van der Waals surface area (Å²) in [5, 5.41) is 13.6. The van der Waals surface area contributed by atoms with Crippen LogP contribution in [0.1, 0.15) is 44.4 Å². The van der Waals surface area contributed by atoms with E-state index in [1.54, 1.807) is 19.2 Å². The minimum absolute atomic E-state index is 0.0108. The lowest BCUT2D eigenvalue weighted by Gasteiger charge is -2.11. The Bertz CT molecular complexity index is 654. The van der Waals surface area contributed by atoms with E-state index in [-0.39, 0.29) is 17.6 Å². The normalized spacial score (nSPS) is 11.9. The van der Waals surface area contributed by atoms with Crippen LogP contribution in [0.4, 0.5) is 0 Å². The van der Waals surface area contributed by atoms with Gasteiger partial charge in [0, 0.05) is 17.8 Å². The molecule has 0 saturated heterocycles. The molecule has 0 spiro atoms. The summed E-state index contributed by atoms with van der Waals surface area (Å²) in [4.78, 5) is 30.7. The fourth-order valence-corrected chi connectivity index (χ4v) is 2.41. The topological polar surface area (TPSA) is 92.2 Å². The molecule has 6 nitrogen and oxygen atoms in total. The Morgan fingerprint density at radius 1 is 1.40 bits per heavy atom. The van der Waals surface area contributed by atoms with Crippen molar-refractivity contribution in [3.8, 4) is 0 Å². The third-order valence-corrected chi connectivity index (χ3v) is 3.62. The van der Waals surface area contributed by atoms with E-state index in [2.05, 4.69) is 15.3 Å². The number of aromatic nitrogens is 2. The number of hydrogen-bond donors (Lipinski definition) is 2. The lowest BCUT2D eigenvalue weighted by Crippen LogP contribution is -2.26. The van der Waals surface area contributed by atoms with Gasteiger partial charge in [-0.1, -0.05) is 0 Å². The molecule has 2 heterocycles. The van der Waals surface area contributed by atoms with Crippen LogP contribution in [0.15, 0.2) is 23.8 Å². The molecule has 0 saturated carbocycles. The van der Waals surface area contributed by atoms with Gasteiger partial charge in [-0.05, 0) is 25.5 Å². The molecule has 0 aromatic carbocycles. The third kappa shape index (κ3) is 3.18. The summed E-state index contributed by atoms with van der Waals surface area (Å²) in [5.74, 6) is -1.34. The molecule has 1 unspecified atom stereocenters. The highest BCUT2D eigenvalue weighted by molar-refractivity contribution is 7.09. The third-order valence-electron chi connectivity index (χ3n) is 2.60. The Labute approximate surface area is 119 Å². The molecule has 0 fully saturated rings. The summed E-state index contributed by atoms with van der Waals surface area (Å²) < 4.78 is 0. The van der Waals surface area contributed by atoms with Gasteiger partial charge in [-0.2, -0.15) is 0 Å². The van der Waals surface area contributed by atoms with Crippen LogP contribution in [0.2, 0.25) is 0 Å². The average Bonchev–Trinajstić information content (AvgIpc) is 2.88. The van der Waals surface area contributed by atoms with Crippen molar-refractivity contribution in [1.29, 1.82) is 0 Å². The van der Waals surface area contributed by atoms with Crippen molar-refractivity contribution >= 4 is 23.2 Å². The SMILES string of the molecule is Cc1cncc(C(=O)NC(C)c2nc(C(=O)O)cs2)c1. The molecule has 2 rings (SSSR count). The number of pyridine rings is 1. The quantitative estimate of drug-likeness (QED) is 0.899. The van der Waals surface area contributed by atoms with Gasteiger partial charge in [-0.25, -0.2) is 9.78 Å². The molecule has 0 radical (unpaired) electrons. The van der Waals surface area contributed by atoms with Crippen molar-refractivity contribution in [2.24, 2.45) is 0 Å². The zero-order chi connectivity index (χ0) is 14.7. The van der Waals surface area contributed by atoms with Crippen LogP contribution in [0.3, 0.4) is 0 Å². The van der Waals surface area contributed by atoms with E-state index in [1.807, 2.05) is 6.92 Å². The first-order chi connectivity index (χ1) is 9.47. The second-order valence-corrected chi connectivity index (χ2v) is 5.21. The number of carboxylic acids is 1. The number of aromatic carboxylic acids is 1. The van der Waals surface area contributed by atoms with Gasteiger partial charge < -0.3 is 10.4 Å². The fourth-order valence-electron chi connectivity index (χ4n) is 1.61. The van der Waals surface area contributed by atoms with Crippen LogP contribution in [0.25, 0.3) is 0 Å². The van der Waals surface area contributed by atoms with E-state index in [9.17, 15) is 9.59 Å². The smallest absolute Gasteiger partial charge is 0.355 e. The molecule has 2 N–H and O–H groups in total. The van der Waals surface area contributed by atoms with Crippen LogP contribution in [0, 0.1) is 6.92 Å². The number of carbonyl (C=O) groups excluding carboxylic acids is 1. The molecule has 20 heavy (non-hydrogen) atoms. The Kier molecular flexibility index (Phi) is 4.09. The Morgan fingerprint density at radius 2 is 2.15 bits per heavy atom. The van der Waals surface area contributed by atoms with Gasteiger partial charge in [0.05, 0.1) is 11.6 Å². The van der Waals surface area contributed by atoms with Crippen LogP contribution in [0.5, 0.6) is 0 Å². The van der Waals surface area contributed by atoms with Gasteiger partial charge in [0.25, 0.3) is 5.91 Å². The molecule has 1 amide bonds. The molecule has 2 aromatic heterocycles. The van der Waals surface area contributed by atoms with Crippen molar-refractivity contribution in [2.75, 3.05) is 0 Å². The van der Waals surface area contributed by atoms with Crippen molar-refractivity contribution in [1.82, 2.24) is 15.3 Å². The number of aryl methyl sites for hydroxylation is 1. The summed E-state index contributed by atoms with van der Waals surface area (Å²) in [6.45, 7) is 3.61. The van der Waals surface area contributed by atoms with Crippen LogP contribution in [-0.2, 0) is 0 Å². The van der Waals surface area contributed by atoms with Gasteiger partial charge in [-0.15, -0.1) is 11.3 Å². The minimum atomic E-state index is -1.08. The number of hydrogen-bond acceptors (Lipinski definition) is 5. The Morgan fingerprint density at radius 3 is 2.75 bits per heavy atom. The van der Waals surface area contributed by atoms with Crippen molar-refractivity contribution in [2.45, 2.75) is 19.9 Å². The number of nitrogens with zero attached hydrogens (tertiary/aromatic N) is 2. The number of thiazole rings is 1. The maximum Gasteiger partial charge on any atom is 0.355 e. The van der Waals surface area contributed by atoms with Crippen molar-refractivity contribution in [3.05, 3.63) is 45.7 Å². The highest BCUT2D eigenvalue weighted by Crippen LogP contribution is 2.18. The maximum atomic E-state index is 12.0. The number of carboxylic acid groups (broad SMARTS) is 1. The highest BCUT2D eigenvalue weighted by atomic mass is 32.1. The molecule has 0 bridgehead atoms. The summed E-state index contributed by atoms with van der Waals surface area (Å²) in [7, 11) is 0. The van der Waals surface area contributed by atoms with Gasteiger partial charge in [0.1, 0.15) is 5.01 Å². The molecule has 7 heteroatoms. The zero-order valence-corrected chi connectivity index (χ0v) is 11.8. The van der Waals surface area contributed by atoms with Gasteiger partial charge in [0.15, 0.2) is 5.69 Å². The van der Waals surface area contributed by atoms with Gasteiger partial charge >= 0.3 is 5.97 Å². The van der Waals surface area contributed by atoms with E-state index in [1.165, 1.54) is 22.9 Å². The predicted molar refractivity (Wildman–Crippen MR) is 73.9 cm³/mol. The molecule has 0 aliphatic heterocycles. The molecular formula is C13H13N3O3S. The van der Waals surface area contributed by atoms with Crippen LogP contribution in [-0.4, -0.2) is 27.0 Å². The first-order valence-electron chi connectivity index (χ1n) is 5.88. The number of carbonyl (C=O) groups is 2. The number of amides is 1. The van der Waals surface area contributed by atoms with Crippen molar-refractivity contribution in [3.63, 3.8) is 0 Å². The molecular weight excluding hydrogens is 278 g/mol. The lowest BCUT2D eigenvalue weighted by atomic mass is 10.2. The standard InChI is InChI=1S/C13H13N3O3S/c1-7-3-9(5-14-4-7)11(17)15-8(2)12-16-10(6-20-12)13(18)19/h3-6,8H,1-2H3,(H,15,17)(H,18,19). The zero-order valence-electron chi connectivity index (χ0n) is 11.0. The summed E-state index contributed by atoms with van der Waals surface area (Å²) in [6.07, 6.45) is 3.15. The van der Waals surface area contributed by atoms with Crippen LogP contribution >= 0.6 is 11.3 Å². The predicted octanol–water partition coefficient (Wildman–Crippen LogP) is 2.04. The molecule has 1 atom stereocenters. The molecule has 2 aromatic rings. The fraction of sp³-hybridized carbons (Fsp3) is 0.231. The number of rotatable bonds is 4.